The normalized spacial score (nSPS) is 10.8. The monoisotopic (exact) mass is 256 g/mol. The van der Waals surface area contributed by atoms with Gasteiger partial charge in [-0.05, 0) is 19.1 Å². The van der Waals surface area contributed by atoms with Crippen molar-refractivity contribution in [2.75, 3.05) is 0 Å². The third-order valence-corrected chi connectivity index (χ3v) is 3.07. The number of rotatable bonds is 1. The van der Waals surface area contributed by atoms with Crippen molar-refractivity contribution in [3.05, 3.63) is 47.6 Å². The smallest absolute Gasteiger partial charge is 0.178 e. The molecule has 0 spiro atoms. The first-order valence-electron chi connectivity index (χ1n) is 5.43. The highest BCUT2D eigenvalue weighted by molar-refractivity contribution is 6.31. The Morgan fingerprint density at radius 1 is 0.889 bits per heavy atom. The summed E-state index contributed by atoms with van der Waals surface area (Å²) in [5.74, 6) is 0. The lowest BCUT2D eigenvalue weighted by molar-refractivity contribution is 1.19. The summed E-state index contributed by atoms with van der Waals surface area (Å²) in [4.78, 5) is 16.9. The minimum atomic E-state index is 0.632. The van der Waals surface area contributed by atoms with Crippen LogP contribution >= 0.6 is 11.6 Å². The van der Waals surface area contributed by atoms with Crippen molar-refractivity contribution in [3.63, 3.8) is 0 Å². The van der Waals surface area contributed by atoms with Crippen LogP contribution in [0.15, 0.2) is 36.9 Å². The van der Waals surface area contributed by atoms with E-state index in [2.05, 4.69) is 19.9 Å². The Hall–Kier alpha value is -2.07. The summed E-state index contributed by atoms with van der Waals surface area (Å²) in [5.41, 5.74) is 4.05. The first kappa shape index (κ1) is 11.0. The summed E-state index contributed by atoms with van der Waals surface area (Å²) in [5, 5.41) is 0.645. The minimum Gasteiger partial charge on any atom is -0.259 e. The standard InChI is InChI=1S/C13H9ClN4/c1-8-11(14)4-9(6-17-8)10-5-12-13(18-7-10)16-3-2-15-12/h2-7H,1H3. The average molecular weight is 257 g/mol. The maximum atomic E-state index is 6.07. The molecular formula is C13H9ClN4. The molecule has 3 aromatic rings. The number of nitrogens with zero attached hydrogens (tertiary/aromatic N) is 4. The highest BCUT2D eigenvalue weighted by Gasteiger charge is 2.04. The van der Waals surface area contributed by atoms with Crippen molar-refractivity contribution in [3.8, 4) is 11.1 Å². The van der Waals surface area contributed by atoms with Gasteiger partial charge in [0, 0.05) is 35.9 Å². The van der Waals surface area contributed by atoms with E-state index in [1.54, 1.807) is 24.8 Å². The van der Waals surface area contributed by atoms with Crippen LogP contribution in [0.25, 0.3) is 22.3 Å². The largest absolute Gasteiger partial charge is 0.259 e. The van der Waals surface area contributed by atoms with Gasteiger partial charge in [-0.25, -0.2) is 9.97 Å². The molecule has 0 aliphatic heterocycles. The molecule has 0 saturated heterocycles. The highest BCUT2D eigenvalue weighted by Crippen LogP contribution is 2.24. The molecule has 0 bridgehead atoms. The van der Waals surface area contributed by atoms with E-state index >= 15 is 0 Å². The third-order valence-electron chi connectivity index (χ3n) is 2.68. The molecule has 3 heterocycles. The van der Waals surface area contributed by atoms with Gasteiger partial charge in [0.15, 0.2) is 5.65 Å². The molecule has 0 aromatic carbocycles. The fourth-order valence-electron chi connectivity index (χ4n) is 1.68. The molecule has 3 rings (SSSR count). The molecule has 5 heteroatoms. The van der Waals surface area contributed by atoms with Gasteiger partial charge >= 0.3 is 0 Å². The molecule has 0 unspecified atom stereocenters. The maximum Gasteiger partial charge on any atom is 0.178 e. The zero-order chi connectivity index (χ0) is 12.5. The zero-order valence-electron chi connectivity index (χ0n) is 9.63. The van der Waals surface area contributed by atoms with Crippen LogP contribution in [0.3, 0.4) is 0 Å². The molecule has 0 aliphatic rings. The third kappa shape index (κ3) is 1.91. The summed E-state index contributed by atoms with van der Waals surface area (Å²) in [6.45, 7) is 1.87. The lowest BCUT2D eigenvalue weighted by Crippen LogP contribution is -1.89. The van der Waals surface area contributed by atoms with Crippen molar-refractivity contribution in [2.45, 2.75) is 6.92 Å². The molecule has 0 fully saturated rings. The van der Waals surface area contributed by atoms with Gasteiger partial charge in [-0.3, -0.25) is 9.97 Å². The Morgan fingerprint density at radius 2 is 1.61 bits per heavy atom. The number of fused-ring (bicyclic) bond motifs is 1. The summed E-state index contributed by atoms with van der Waals surface area (Å²) < 4.78 is 0. The first-order chi connectivity index (χ1) is 8.74. The van der Waals surface area contributed by atoms with Crippen molar-refractivity contribution in [1.82, 2.24) is 19.9 Å². The number of aromatic nitrogens is 4. The van der Waals surface area contributed by atoms with E-state index in [9.17, 15) is 0 Å². The van der Waals surface area contributed by atoms with E-state index in [4.69, 9.17) is 11.6 Å². The second kappa shape index (κ2) is 4.31. The Kier molecular flexibility index (Phi) is 2.64. The molecule has 0 amide bonds. The predicted octanol–water partition coefficient (Wildman–Crippen LogP) is 3.05. The summed E-state index contributed by atoms with van der Waals surface area (Å²) in [6, 6.07) is 3.81. The summed E-state index contributed by atoms with van der Waals surface area (Å²) >= 11 is 6.07. The lowest BCUT2D eigenvalue weighted by Gasteiger charge is -2.04. The van der Waals surface area contributed by atoms with Gasteiger partial charge in [0.25, 0.3) is 0 Å². The van der Waals surface area contributed by atoms with Crippen LogP contribution in [-0.4, -0.2) is 19.9 Å². The molecular weight excluding hydrogens is 248 g/mol. The number of hydrogen-bond acceptors (Lipinski definition) is 4. The predicted molar refractivity (Wildman–Crippen MR) is 70.3 cm³/mol. The topological polar surface area (TPSA) is 51.6 Å². The molecule has 0 atom stereocenters. The summed E-state index contributed by atoms with van der Waals surface area (Å²) in [7, 11) is 0. The van der Waals surface area contributed by atoms with Crippen LogP contribution in [-0.2, 0) is 0 Å². The van der Waals surface area contributed by atoms with E-state index < -0.39 is 0 Å². The van der Waals surface area contributed by atoms with Crippen LogP contribution in [0.2, 0.25) is 5.02 Å². The van der Waals surface area contributed by atoms with Gasteiger partial charge in [-0.2, -0.15) is 0 Å². The van der Waals surface area contributed by atoms with Crippen LogP contribution in [0.5, 0.6) is 0 Å². The van der Waals surface area contributed by atoms with Gasteiger partial charge in [0.05, 0.1) is 10.7 Å². The Labute approximate surface area is 109 Å². The fourth-order valence-corrected chi connectivity index (χ4v) is 1.85. The molecule has 3 aromatic heterocycles. The molecule has 88 valence electrons. The molecule has 18 heavy (non-hydrogen) atoms. The Balaban J connectivity index is 2.16. The molecule has 4 nitrogen and oxygen atoms in total. The van der Waals surface area contributed by atoms with E-state index in [-0.39, 0.29) is 0 Å². The summed E-state index contributed by atoms with van der Waals surface area (Å²) in [6.07, 6.45) is 6.80. The van der Waals surface area contributed by atoms with Crippen molar-refractivity contribution >= 4 is 22.8 Å². The van der Waals surface area contributed by atoms with Crippen LogP contribution in [0, 0.1) is 6.92 Å². The first-order valence-corrected chi connectivity index (χ1v) is 5.81. The van der Waals surface area contributed by atoms with Crippen molar-refractivity contribution in [1.29, 1.82) is 0 Å². The van der Waals surface area contributed by atoms with E-state index in [1.165, 1.54) is 0 Å². The van der Waals surface area contributed by atoms with E-state index in [0.717, 1.165) is 22.3 Å². The Morgan fingerprint density at radius 3 is 2.44 bits per heavy atom. The van der Waals surface area contributed by atoms with Crippen LogP contribution in [0.1, 0.15) is 5.69 Å². The van der Waals surface area contributed by atoms with Crippen molar-refractivity contribution < 1.29 is 0 Å². The van der Waals surface area contributed by atoms with Gasteiger partial charge in [-0.15, -0.1) is 0 Å². The number of halogens is 1. The van der Waals surface area contributed by atoms with Crippen LogP contribution < -0.4 is 0 Å². The van der Waals surface area contributed by atoms with Gasteiger partial charge in [0.1, 0.15) is 5.52 Å². The van der Waals surface area contributed by atoms with Gasteiger partial charge in [0.2, 0.25) is 0 Å². The Bertz CT molecular complexity index is 727. The highest BCUT2D eigenvalue weighted by atomic mass is 35.5. The number of aryl methyl sites for hydroxylation is 1. The van der Waals surface area contributed by atoms with Gasteiger partial charge < -0.3 is 0 Å². The van der Waals surface area contributed by atoms with E-state index in [0.29, 0.717) is 10.7 Å². The molecule has 0 N–H and O–H groups in total. The SMILES string of the molecule is Cc1ncc(-c2cnc3nccnc3c2)cc1Cl. The van der Waals surface area contributed by atoms with Crippen LogP contribution in [0.4, 0.5) is 0 Å². The second-order valence-electron chi connectivity index (χ2n) is 3.91. The fraction of sp³-hybridized carbons (Fsp3) is 0.0769. The zero-order valence-corrected chi connectivity index (χ0v) is 10.4. The van der Waals surface area contributed by atoms with Gasteiger partial charge in [-0.1, -0.05) is 11.6 Å². The molecule has 0 saturated carbocycles. The quantitative estimate of drug-likeness (QED) is 0.671. The lowest BCUT2D eigenvalue weighted by atomic mass is 10.1. The average Bonchev–Trinajstić information content (AvgIpc) is 2.41. The second-order valence-corrected chi connectivity index (χ2v) is 4.32. The number of hydrogen-bond donors (Lipinski definition) is 0. The number of pyridine rings is 2. The molecule has 0 aliphatic carbocycles. The molecule has 0 radical (unpaired) electrons. The maximum absolute atomic E-state index is 6.07. The minimum absolute atomic E-state index is 0.632. The van der Waals surface area contributed by atoms with Crippen molar-refractivity contribution in [2.24, 2.45) is 0 Å². The van der Waals surface area contributed by atoms with E-state index in [1.807, 2.05) is 19.1 Å².